The third-order valence-electron chi connectivity index (χ3n) is 4.98. The van der Waals surface area contributed by atoms with Crippen LogP contribution in [0, 0.1) is 12.8 Å². The van der Waals surface area contributed by atoms with Crippen LogP contribution in [-0.4, -0.2) is 63.6 Å². The summed E-state index contributed by atoms with van der Waals surface area (Å²) in [5, 5.41) is 16.4. The number of carbonyl (C=O) groups excluding carboxylic acids is 1. The maximum atomic E-state index is 12.5. The molecule has 25 heavy (non-hydrogen) atoms. The summed E-state index contributed by atoms with van der Waals surface area (Å²) >= 11 is 0. The predicted molar refractivity (Wildman–Crippen MR) is 90.2 cm³/mol. The van der Waals surface area contributed by atoms with Gasteiger partial charge in [0.2, 0.25) is 0 Å². The number of aliphatic carboxylic acids is 1. The number of rotatable bonds is 4. The first-order chi connectivity index (χ1) is 12.0. The van der Waals surface area contributed by atoms with E-state index in [-0.39, 0.29) is 24.1 Å². The highest BCUT2D eigenvalue weighted by molar-refractivity contribution is 5.75. The second kappa shape index (κ2) is 7.86. The van der Waals surface area contributed by atoms with E-state index in [0.717, 1.165) is 18.4 Å². The van der Waals surface area contributed by atoms with Gasteiger partial charge >= 0.3 is 12.0 Å². The lowest BCUT2D eigenvalue weighted by Crippen LogP contribution is -2.53. The number of amides is 2. The summed E-state index contributed by atoms with van der Waals surface area (Å²) in [6, 6.07) is -0.0121. The fraction of sp³-hybridized carbons (Fsp3) is 0.706. The van der Waals surface area contributed by atoms with E-state index in [1.54, 1.807) is 11.1 Å². The molecule has 0 bridgehead atoms. The molecule has 0 spiro atoms. The summed E-state index contributed by atoms with van der Waals surface area (Å²) in [6.07, 6.45) is 6.41. The van der Waals surface area contributed by atoms with Crippen molar-refractivity contribution in [3.8, 4) is 0 Å². The molecule has 8 nitrogen and oxygen atoms in total. The topological polar surface area (TPSA) is 96.7 Å². The summed E-state index contributed by atoms with van der Waals surface area (Å²) in [7, 11) is 0. The summed E-state index contributed by atoms with van der Waals surface area (Å²) in [5.74, 6) is -0.992. The van der Waals surface area contributed by atoms with Gasteiger partial charge in [-0.25, -0.2) is 4.79 Å². The zero-order valence-electron chi connectivity index (χ0n) is 14.6. The predicted octanol–water partition coefficient (Wildman–Crippen LogP) is 1.25. The Balaban J connectivity index is 1.46. The maximum absolute atomic E-state index is 12.5. The molecule has 0 radical (unpaired) electrons. The molecule has 1 aliphatic heterocycles. The number of aromatic nitrogens is 2. The Morgan fingerprint density at radius 3 is 2.76 bits per heavy atom. The lowest BCUT2D eigenvalue weighted by atomic mass is 9.86. The summed E-state index contributed by atoms with van der Waals surface area (Å²) in [6.45, 7) is 4.25. The van der Waals surface area contributed by atoms with Gasteiger partial charge in [-0.1, -0.05) is 0 Å². The molecule has 2 heterocycles. The number of hydrogen-bond acceptors (Lipinski definition) is 4. The average molecular weight is 350 g/mol. The lowest BCUT2D eigenvalue weighted by molar-refractivity contribution is -0.142. The van der Waals surface area contributed by atoms with Crippen molar-refractivity contribution in [1.29, 1.82) is 0 Å². The van der Waals surface area contributed by atoms with Crippen LogP contribution in [-0.2, 0) is 16.1 Å². The molecule has 1 aliphatic carbocycles. The van der Waals surface area contributed by atoms with Crippen LogP contribution in [0.2, 0.25) is 0 Å². The van der Waals surface area contributed by atoms with Crippen LogP contribution >= 0.6 is 0 Å². The molecule has 3 rings (SSSR count). The fourth-order valence-electron chi connectivity index (χ4n) is 3.54. The van der Waals surface area contributed by atoms with Crippen LogP contribution in [0.3, 0.4) is 0 Å². The van der Waals surface area contributed by atoms with Crippen molar-refractivity contribution in [3.05, 3.63) is 18.0 Å². The molecular weight excluding hydrogens is 324 g/mol. The van der Waals surface area contributed by atoms with Crippen molar-refractivity contribution in [2.75, 3.05) is 19.7 Å². The number of nitrogens with zero attached hydrogens (tertiary/aromatic N) is 3. The van der Waals surface area contributed by atoms with Crippen molar-refractivity contribution >= 4 is 12.0 Å². The van der Waals surface area contributed by atoms with E-state index < -0.39 is 5.97 Å². The first kappa shape index (κ1) is 17.7. The minimum absolute atomic E-state index is 0.0677. The maximum Gasteiger partial charge on any atom is 0.317 e. The van der Waals surface area contributed by atoms with E-state index in [1.165, 1.54) is 0 Å². The van der Waals surface area contributed by atoms with Crippen molar-refractivity contribution in [2.45, 2.75) is 51.3 Å². The Morgan fingerprint density at radius 1 is 1.36 bits per heavy atom. The average Bonchev–Trinajstić information content (AvgIpc) is 3.00. The van der Waals surface area contributed by atoms with Gasteiger partial charge in [0.05, 0.1) is 37.9 Å². The van der Waals surface area contributed by atoms with E-state index in [9.17, 15) is 9.59 Å². The number of hydrogen-bond donors (Lipinski definition) is 2. The van der Waals surface area contributed by atoms with Crippen molar-refractivity contribution in [3.63, 3.8) is 0 Å². The van der Waals surface area contributed by atoms with E-state index in [4.69, 9.17) is 9.84 Å². The van der Waals surface area contributed by atoms with Gasteiger partial charge in [-0.3, -0.25) is 9.48 Å². The summed E-state index contributed by atoms with van der Waals surface area (Å²) < 4.78 is 7.60. The van der Waals surface area contributed by atoms with Crippen LogP contribution in [0.4, 0.5) is 4.79 Å². The zero-order valence-corrected chi connectivity index (χ0v) is 14.6. The van der Waals surface area contributed by atoms with Gasteiger partial charge in [-0.2, -0.15) is 5.10 Å². The minimum Gasteiger partial charge on any atom is -0.481 e. The molecule has 2 amide bonds. The monoisotopic (exact) mass is 350 g/mol. The SMILES string of the molecule is Cc1cnn(CC2CN(C(=O)NC3CCC(C(=O)O)CC3)CCO2)c1. The number of carboxylic acids is 1. The Labute approximate surface area is 147 Å². The number of nitrogens with one attached hydrogen (secondary N) is 1. The number of carbonyl (C=O) groups is 2. The third kappa shape index (κ3) is 4.72. The minimum atomic E-state index is -0.727. The number of aryl methyl sites for hydroxylation is 1. The molecule has 1 atom stereocenters. The van der Waals surface area contributed by atoms with Crippen molar-refractivity contribution in [1.82, 2.24) is 20.0 Å². The number of ether oxygens (including phenoxy) is 1. The molecular formula is C17H26N4O4. The highest BCUT2D eigenvalue weighted by atomic mass is 16.5. The molecule has 1 unspecified atom stereocenters. The van der Waals surface area contributed by atoms with Crippen LogP contribution in [0.25, 0.3) is 0 Å². The van der Waals surface area contributed by atoms with E-state index in [2.05, 4.69) is 10.4 Å². The molecule has 1 saturated heterocycles. The molecule has 2 fully saturated rings. The fourth-order valence-corrected chi connectivity index (χ4v) is 3.54. The van der Waals surface area contributed by atoms with Crippen molar-refractivity contribution in [2.24, 2.45) is 5.92 Å². The zero-order chi connectivity index (χ0) is 17.8. The van der Waals surface area contributed by atoms with E-state index in [1.807, 2.05) is 17.8 Å². The number of urea groups is 1. The molecule has 138 valence electrons. The van der Waals surface area contributed by atoms with Crippen LogP contribution in [0.15, 0.2) is 12.4 Å². The molecule has 1 saturated carbocycles. The molecule has 2 N–H and O–H groups in total. The van der Waals surface area contributed by atoms with Crippen LogP contribution in [0.5, 0.6) is 0 Å². The van der Waals surface area contributed by atoms with Gasteiger partial charge in [0.1, 0.15) is 0 Å². The highest BCUT2D eigenvalue weighted by Crippen LogP contribution is 2.24. The van der Waals surface area contributed by atoms with Gasteiger partial charge in [-0.15, -0.1) is 0 Å². The van der Waals surface area contributed by atoms with Gasteiger partial charge in [0.25, 0.3) is 0 Å². The Kier molecular flexibility index (Phi) is 5.57. The number of morpholine rings is 1. The largest absolute Gasteiger partial charge is 0.481 e. The van der Waals surface area contributed by atoms with E-state index >= 15 is 0 Å². The second-order valence-electron chi connectivity index (χ2n) is 7.01. The van der Waals surface area contributed by atoms with Gasteiger partial charge in [0.15, 0.2) is 0 Å². The normalized spacial score (nSPS) is 27.1. The smallest absolute Gasteiger partial charge is 0.317 e. The highest BCUT2D eigenvalue weighted by Gasteiger charge is 2.29. The van der Waals surface area contributed by atoms with Crippen LogP contribution < -0.4 is 5.32 Å². The van der Waals surface area contributed by atoms with Gasteiger partial charge < -0.3 is 20.1 Å². The Bertz CT molecular complexity index is 610. The van der Waals surface area contributed by atoms with E-state index in [0.29, 0.717) is 39.1 Å². The van der Waals surface area contributed by atoms with Crippen LogP contribution in [0.1, 0.15) is 31.2 Å². The standard InChI is InChI=1S/C17H26N4O4/c1-12-8-18-21(9-12)11-15-10-20(6-7-25-15)17(24)19-14-4-2-13(3-5-14)16(22)23/h8-9,13-15H,2-7,10-11H2,1H3,(H,19,24)(H,22,23). The Hall–Kier alpha value is -2.09. The second-order valence-corrected chi connectivity index (χ2v) is 7.01. The first-order valence-corrected chi connectivity index (χ1v) is 8.90. The quantitative estimate of drug-likeness (QED) is 0.852. The molecule has 1 aromatic heterocycles. The van der Waals surface area contributed by atoms with Gasteiger partial charge in [-0.05, 0) is 38.2 Å². The summed E-state index contributed by atoms with van der Waals surface area (Å²) in [5.41, 5.74) is 1.10. The molecule has 0 aromatic carbocycles. The van der Waals surface area contributed by atoms with Crippen molar-refractivity contribution < 1.29 is 19.4 Å². The number of carboxylic acid groups (broad SMARTS) is 1. The molecule has 2 aliphatic rings. The first-order valence-electron chi connectivity index (χ1n) is 8.90. The Morgan fingerprint density at radius 2 is 2.12 bits per heavy atom. The van der Waals surface area contributed by atoms with Gasteiger partial charge in [0, 0.05) is 18.8 Å². The lowest BCUT2D eigenvalue weighted by Gasteiger charge is -2.35. The summed E-state index contributed by atoms with van der Waals surface area (Å²) in [4.78, 5) is 25.3. The molecule has 1 aromatic rings. The third-order valence-corrected chi connectivity index (χ3v) is 4.98. The molecule has 8 heteroatoms.